The van der Waals surface area contributed by atoms with Crippen LogP contribution in [0.2, 0.25) is 0 Å². The second kappa shape index (κ2) is 13.1. The summed E-state index contributed by atoms with van der Waals surface area (Å²) in [6.07, 6.45) is 8.75. The second-order valence-electron chi connectivity index (χ2n) is 9.89. The van der Waals surface area contributed by atoms with Gasteiger partial charge in [-0.1, -0.05) is 30.3 Å². The van der Waals surface area contributed by atoms with Gasteiger partial charge in [-0.2, -0.15) is 0 Å². The van der Waals surface area contributed by atoms with Crippen molar-refractivity contribution in [3.63, 3.8) is 0 Å². The van der Waals surface area contributed by atoms with Crippen molar-refractivity contribution in [2.24, 2.45) is 0 Å². The number of para-hydroxylation sites is 1. The SMILES string of the molecule is CC(=O)N(c1ccc(-c2cnc(OCCOCC(=O)O)nc2)cc1)C1CCC(Nc2ncc3ccccc3n2)CC1. The van der Waals surface area contributed by atoms with Crippen molar-refractivity contribution < 1.29 is 24.2 Å². The highest BCUT2D eigenvalue weighted by Gasteiger charge is 2.29. The Labute approximate surface area is 237 Å². The van der Waals surface area contributed by atoms with Gasteiger partial charge in [-0.25, -0.2) is 24.7 Å². The number of hydrogen-bond acceptors (Lipinski definition) is 9. The molecular weight excluding hydrogens is 524 g/mol. The molecule has 2 aromatic heterocycles. The molecule has 0 radical (unpaired) electrons. The van der Waals surface area contributed by atoms with E-state index in [1.807, 2.05) is 59.6 Å². The van der Waals surface area contributed by atoms with E-state index >= 15 is 0 Å². The summed E-state index contributed by atoms with van der Waals surface area (Å²) >= 11 is 0. The molecule has 1 saturated carbocycles. The number of aliphatic carboxylic acids is 1. The normalized spacial score (nSPS) is 16.7. The maximum Gasteiger partial charge on any atom is 0.329 e. The Hall–Kier alpha value is -4.64. The van der Waals surface area contributed by atoms with Gasteiger partial charge in [-0.3, -0.25) is 4.79 Å². The van der Waals surface area contributed by atoms with Crippen LogP contribution in [0.25, 0.3) is 22.0 Å². The third-order valence-electron chi connectivity index (χ3n) is 7.01. The summed E-state index contributed by atoms with van der Waals surface area (Å²) in [4.78, 5) is 42.6. The number of fused-ring (bicyclic) bond motifs is 1. The number of carbonyl (C=O) groups excluding carboxylic acids is 1. The number of hydrogen-bond donors (Lipinski definition) is 2. The van der Waals surface area contributed by atoms with Crippen molar-refractivity contribution in [1.82, 2.24) is 19.9 Å². The Bertz CT molecular complexity index is 1470. The first kappa shape index (κ1) is 27.9. The summed E-state index contributed by atoms with van der Waals surface area (Å²) in [5.41, 5.74) is 3.50. The molecule has 0 spiro atoms. The van der Waals surface area contributed by atoms with Crippen LogP contribution in [0, 0.1) is 0 Å². The largest absolute Gasteiger partial charge is 0.480 e. The molecule has 11 heteroatoms. The molecule has 1 aliphatic carbocycles. The second-order valence-corrected chi connectivity index (χ2v) is 9.89. The number of carboxylic acids is 1. The Morgan fingerprint density at radius 2 is 1.66 bits per heavy atom. The molecule has 5 rings (SSSR count). The molecule has 1 fully saturated rings. The van der Waals surface area contributed by atoms with Gasteiger partial charge in [0.25, 0.3) is 0 Å². The molecule has 0 aliphatic heterocycles. The number of ether oxygens (including phenoxy) is 2. The summed E-state index contributed by atoms with van der Waals surface area (Å²) in [7, 11) is 0. The summed E-state index contributed by atoms with van der Waals surface area (Å²) in [5, 5.41) is 13.1. The van der Waals surface area contributed by atoms with Crippen LogP contribution < -0.4 is 15.0 Å². The number of nitrogens with one attached hydrogen (secondary N) is 1. The number of nitrogens with zero attached hydrogens (tertiary/aromatic N) is 5. The van der Waals surface area contributed by atoms with Crippen LogP contribution in [0.5, 0.6) is 6.01 Å². The number of aromatic nitrogens is 4. The van der Waals surface area contributed by atoms with E-state index in [0.717, 1.165) is 53.4 Å². The van der Waals surface area contributed by atoms with E-state index in [4.69, 9.17) is 14.6 Å². The molecule has 11 nitrogen and oxygen atoms in total. The fourth-order valence-corrected chi connectivity index (χ4v) is 5.06. The van der Waals surface area contributed by atoms with Gasteiger partial charge >= 0.3 is 12.0 Å². The Morgan fingerprint density at radius 3 is 2.37 bits per heavy atom. The monoisotopic (exact) mass is 556 g/mol. The van der Waals surface area contributed by atoms with Gasteiger partial charge in [0, 0.05) is 54.2 Å². The lowest BCUT2D eigenvalue weighted by Crippen LogP contribution is -2.43. The van der Waals surface area contributed by atoms with Crippen LogP contribution in [0.15, 0.2) is 67.1 Å². The molecule has 4 aromatic rings. The quantitative estimate of drug-likeness (QED) is 0.256. The summed E-state index contributed by atoms with van der Waals surface area (Å²) in [5.74, 6) is -0.375. The molecule has 0 atom stereocenters. The van der Waals surface area contributed by atoms with E-state index in [1.54, 1.807) is 19.3 Å². The topological polar surface area (TPSA) is 140 Å². The predicted molar refractivity (Wildman–Crippen MR) is 154 cm³/mol. The van der Waals surface area contributed by atoms with E-state index in [2.05, 4.69) is 25.3 Å². The minimum Gasteiger partial charge on any atom is -0.480 e. The van der Waals surface area contributed by atoms with Crippen molar-refractivity contribution in [2.75, 3.05) is 30.0 Å². The first-order valence-corrected chi connectivity index (χ1v) is 13.6. The minimum atomic E-state index is -1.03. The van der Waals surface area contributed by atoms with Gasteiger partial charge < -0.3 is 24.8 Å². The maximum atomic E-state index is 12.7. The van der Waals surface area contributed by atoms with Crippen molar-refractivity contribution >= 4 is 34.4 Å². The Morgan fingerprint density at radius 1 is 0.927 bits per heavy atom. The van der Waals surface area contributed by atoms with Crippen LogP contribution in [-0.4, -0.2) is 68.8 Å². The van der Waals surface area contributed by atoms with Crippen molar-refractivity contribution in [3.8, 4) is 17.1 Å². The lowest BCUT2D eigenvalue weighted by molar-refractivity contribution is -0.142. The molecular formula is C30H32N6O5. The van der Waals surface area contributed by atoms with Crippen LogP contribution in [-0.2, 0) is 14.3 Å². The zero-order chi connectivity index (χ0) is 28.6. The average Bonchev–Trinajstić information content (AvgIpc) is 2.98. The molecule has 1 amide bonds. The van der Waals surface area contributed by atoms with E-state index in [9.17, 15) is 9.59 Å². The third-order valence-corrected chi connectivity index (χ3v) is 7.01. The molecule has 41 heavy (non-hydrogen) atoms. The molecule has 0 bridgehead atoms. The summed E-state index contributed by atoms with van der Waals surface area (Å²) < 4.78 is 10.3. The first-order chi connectivity index (χ1) is 20.0. The minimum absolute atomic E-state index is 0.0178. The predicted octanol–water partition coefficient (Wildman–Crippen LogP) is 4.34. The van der Waals surface area contributed by atoms with E-state index < -0.39 is 5.97 Å². The Balaban J connectivity index is 1.15. The van der Waals surface area contributed by atoms with E-state index in [1.165, 1.54) is 0 Å². The average molecular weight is 557 g/mol. The molecule has 1 aliphatic rings. The lowest BCUT2D eigenvalue weighted by atomic mass is 9.89. The van der Waals surface area contributed by atoms with Crippen LogP contribution in [0.4, 0.5) is 11.6 Å². The smallest absolute Gasteiger partial charge is 0.329 e. The number of carboxylic acid groups (broad SMARTS) is 1. The third kappa shape index (κ3) is 7.31. The van der Waals surface area contributed by atoms with Gasteiger partial charge in [0.15, 0.2) is 0 Å². The molecule has 2 aromatic carbocycles. The zero-order valence-electron chi connectivity index (χ0n) is 22.8. The highest BCUT2D eigenvalue weighted by atomic mass is 16.5. The molecule has 212 valence electrons. The van der Waals surface area contributed by atoms with E-state index in [-0.39, 0.29) is 43.8 Å². The number of anilines is 2. The first-order valence-electron chi connectivity index (χ1n) is 13.6. The molecule has 2 N–H and O–H groups in total. The number of rotatable bonds is 11. The highest BCUT2D eigenvalue weighted by molar-refractivity contribution is 5.92. The fraction of sp³-hybridized carbons (Fsp3) is 0.333. The summed E-state index contributed by atoms with van der Waals surface area (Å²) in [6.45, 7) is 1.51. The fourth-order valence-electron chi connectivity index (χ4n) is 5.06. The van der Waals surface area contributed by atoms with Crippen LogP contribution in [0.3, 0.4) is 0 Å². The Kier molecular flexibility index (Phi) is 8.95. The molecule has 0 unspecified atom stereocenters. The van der Waals surface area contributed by atoms with E-state index in [0.29, 0.717) is 5.95 Å². The van der Waals surface area contributed by atoms with Crippen molar-refractivity contribution in [1.29, 1.82) is 0 Å². The lowest BCUT2D eigenvalue weighted by Gasteiger charge is -2.36. The number of benzene rings is 2. The standard InChI is InChI=1S/C30H32N6O5/c1-20(37)36(26-12-8-24(9-13-26)34-29-31-16-22-4-2-3-5-27(22)35-29)25-10-6-21(7-11-25)23-17-32-30(33-18-23)41-15-14-40-19-28(38)39/h2-7,10-11,16-18,24,26H,8-9,12-15,19H2,1H3,(H,38,39)(H,31,34,35). The summed E-state index contributed by atoms with van der Waals surface area (Å²) in [6, 6.07) is 16.3. The van der Waals surface area contributed by atoms with Gasteiger partial charge in [0.05, 0.1) is 12.1 Å². The zero-order valence-corrected chi connectivity index (χ0v) is 22.8. The van der Waals surface area contributed by atoms with Crippen LogP contribution in [0.1, 0.15) is 32.6 Å². The van der Waals surface area contributed by atoms with Gasteiger partial charge in [-0.15, -0.1) is 0 Å². The van der Waals surface area contributed by atoms with Crippen molar-refractivity contribution in [3.05, 3.63) is 67.1 Å². The van der Waals surface area contributed by atoms with Gasteiger partial charge in [0.2, 0.25) is 11.9 Å². The number of amides is 1. The molecule has 0 saturated heterocycles. The highest BCUT2D eigenvalue weighted by Crippen LogP contribution is 2.31. The molecule has 2 heterocycles. The number of carbonyl (C=O) groups is 2. The maximum absolute atomic E-state index is 12.7. The van der Waals surface area contributed by atoms with Gasteiger partial charge in [-0.05, 0) is 49.4 Å². The van der Waals surface area contributed by atoms with Crippen molar-refractivity contribution in [2.45, 2.75) is 44.7 Å². The van der Waals surface area contributed by atoms with Crippen LogP contribution >= 0.6 is 0 Å². The van der Waals surface area contributed by atoms with Gasteiger partial charge in [0.1, 0.15) is 13.2 Å².